The minimum atomic E-state index is -0.410. The van der Waals surface area contributed by atoms with Crippen LogP contribution in [0, 0.1) is 0 Å². The van der Waals surface area contributed by atoms with Crippen molar-refractivity contribution >= 4 is 50.9 Å². The second-order valence-electron chi connectivity index (χ2n) is 5.41. The van der Waals surface area contributed by atoms with E-state index in [2.05, 4.69) is 10.3 Å². The number of nitrogens with one attached hydrogen (secondary N) is 1. The molecule has 0 spiro atoms. The van der Waals surface area contributed by atoms with E-state index in [9.17, 15) is 9.59 Å². The molecule has 26 heavy (non-hydrogen) atoms. The van der Waals surface area contributed by atoms with Crippen molar-refractivity contribution in [2.75, 3.05) is 11.9 Å². The number of ether oxygens (including phenoxy) is 1. The van der Waals surface area contributed by atoms with Crippen LogP contribution >= 0.6 is 34.0 Å². The van der Waals surface area contributed by atoms with Crippen LogP contribution in [0.15, 0.2) is 28.3 Å². The summed E-state index contributed by atoms with van der Waals surface area (Å²) in [4.78, 5) is 30.1. The highest BCUT2D eigenvalue weighted by Gasteiger charge is 2.19. The molecular formula is C18H18N2O3S3. The van der Waals surface area contributed by atoms with E-state index in [1.165, 1.54) is 22.7 Å². The van der Waals surface area contributed by atoms with Gasteiger partial charge in [0.2, 0.25) is 5.91 Å². The zero-order valence-corrected chi connectivity index (χ0v) is 16.9. The monoisotopic (exact) mass is 406 g/mol. The Bertz CT molecular complexity index is 897. The van der Waals surface area contributed by atoms with E-state index >= 15 is 0 Å². The first kappa shape index (κ1) is 18.8. The van der Waals surface area contributed by atoms with Gasteiger partial charge in [-0.2, -0.15) is 11.3 Å². The molecule has 0 aliphatic heterocycles. The van der Waals surface area contributed by atoms with Crippen LogP contribution in [0.5, 0.6) is 0 Å². The smallest absolute Gasteiger partial charge is 0.341 e. The van der Waals surface area contributed by atoms with E-state index in [0.717, 1.165) is 27.6 Å². The fraction of sp³-hybridized carbons (Fsp3) is 0.278. The largest absolute Gasteiger partial charge is 0.462 e. The molecule has 0 fully saturated rings. The van der Waals surface area contributed by atoms with Crippen molar-refractivity contribution in [3.8, 4) is 10.6 Å². The van der Waals surface area contributed by atoms with Gasteiger partial charge in [-0.15, -0.1) is 22.7 Å². The zero-order chi connectivity index (χ0) is 18.5. The Morgan fingerprint density at radius 2 is 2.12 bits per heavy atom. The number of aromatic nitrogens is 1. The summed E-state index contributed by atoms with van der Waals surface area (Å²) in [6, 6.07) is 3.80. The fourth-order valence-electron chi connectivity index (χ4n) is 2.31. The van der Waals surface area contributed by atoms with Gasteiger partial charge in [0, 0.05) is 21.2 Å². The molecule has 0 unspecified atom stereocenters. The van der Waals surface area contributed by atoms with Gasteiger partial charge in [0.15, 0.2) is 0 Å². The molecule has 3 rings (SSSR count). The number of thiazole rings is 1. The van der Waals surface area contributed by atoms with Crippen LogP contribution in [0.2, 0.25) is 0 Å². The maximum Gasteiger partial charge on any atom is 0.341 e. The van der Waals surface area contributed by atoms with Crippen molar-refractivity contribution < 1.29 is 14.3 Å². The minimum Gasteiger partial charge on any atom is -0.462 e. The lowest BCUT2D eigenvalue weighted by atomic mass is 10.2. The number of aryl methyl sites for hydroxylation is 1. The van der Waals surface area contributed by atoms with E-state index in [-0.39, 0.29) is 12.3 Å². The van der Waals surface area contributed by atoms with Gasteiger partial charge in [-0.25, -0.2) is 9.78 Å². The first-order valence-corrected chi connectivity index (χ1v) is 10.8. The fourth-order valence-corrected chi connectivity index (χ4v) is 4.84. The summed E-state index contributed by atoms with van der Waals surface area (Å²) >= 11 is 4.55. The molecule has 3 heterocycles. The van der Waals surface area contributed by atoms with Gasteiger partial charge in [0.05, 0.1) is 24.3 Å². The van der Waals surface area contributed by atoms with Gasteiger partial charge in [0.25, 0.3) is 0 Å². The number of esters is 1. The Hall–Kier alpha value is -2.03. The summed E-state index contributed by atoms with van der Waals surface area (Å²) in [6.07, 6.45) is 0.964. The van der Waals surface area contributed by atoms with Crippen molar-refractivity contribution in [3.05, 3.63) is 44.4 Å². The highest BCUT2D eigenvalue weighted by molar-refractivity contribution is 7.16. The summed E-state index contributed by atoms with van der Waals surface area (Å²) in [5, 5.41) is 10.2. The molecule has 8 heteroatoms. The molecule has 3 aromatic rings. The van der Waals surface area contributed by atoms with Crippen molar-refractivity contribution in [2.24, 2.45) is 0 Å². The molecular weight excluding hydrogens is 388 g/mol. The third kappa shape index (κ3) is 4.38. The van der Waals surface area contributed by atoms with Gasteiger partial charge in [0.1, 0.15) is 10.0 Å². The van der Waals surface area contributed by atoms with E-state index in [1.807, 2.05) is 29.1 Å². The highest BCUT2D eigenvalue weighted by Crippen LogP contribution is 2.30. The number of anilines is 1. The number of thiophene rings is 2. The Balaban J connectivity index is 1.70. The van der Waals surface area contributed by atoms with Crippen LogP contribution in [-0.4, -0.2) is 23.5 Å². The number of amides is 1. The molecule has 0 atom stereocenters. The van der Waals surface area contributed by atoms with Crippen LogP contribution in [0.3, 0.4) is 0 Å². The van der Waals surface area contributed by atoms with Crippen LogP contribution in [-0.2, 0) is 22.4 Å². The minimum absolute atomic E-state index is 0.169. The molecule has 0 radical (unpaired) electrons. The summed E-state index contributed by atoms with van der Waals surface area (Å²) in [5.41, 5.74) is 2.21. The third-order valence-corrected chi connectivity index (χ3v) is 6.36. The summed E-state index contributed by atoms with van der Waals surface area (Å²) in [7, 11) is 0. The number of hydrogen-bond acceptors (Lipinski definition) is 7. The highest BCUT2D eigenvalue weighted by atomic mass is 32.1. The van der Waals surface area contributed by atoms with Crippen molar-refractivity contribution in [1.29, 1.82) is 0 Å². The molecule has 3 aromatic heterocycles. The second-order valence-corrected chi connectivity index (χ2v) is 8.19. The Kier molecular flexibility index (Phi) is 6.18. The average molecular weight is 407 g/mol. The van der Waals surface area contributed by atoms with Crippen LogP contribution in [0.1, 0.15) is 34.8 Å². The summed E-state index contributed by atoms with van der Waals surface area (Å²) in [5.74, 6) is -0.602. The van der Waals surface area contributed by atoms with Crippen molar-refractivity contribution in [1.82, 2.24) is 4.98 Å². The van der Waals surface area contributed by atoms with Gasteiger partial charge in [-0.3, -0.25) is 4.79 Å². The SMILES string of the molecule is CCOC(=O)c1cc(CC)sc1NC(=O)Cc1csc(-c2ccsc2)n1. The number of rotatable bonds is 7. The van der Waals surface area contributed by atoms with Crippen LogP contribution < -0.4 is 5.32 Å². The Morgan fingerprint density at radius 3 is 2.81 bits per heavy atom. The molecule has 1 N–H and O–H groups in total. The normalized spacial score (nSPS) is 10.7. The van der Waals surface area contributed by atoms with Crippen LogP contribution in [0.25, 0.3) is 10.6 Å². The summed E-state index contributed by atoms with van der Waals surface area (Å²) < 4.78 is 5.08. The molecule has 0 aromatic carbocycles. The summed E-state index contributed by atoms with van der Waals surface area (Å²) in [6.45, 7) is 4.07. The number of carbonyl (C=O) groups excluding carboxylic acids is 2. The molecule has 0 aliphatic rings. The van der Waals surface area contributed by atoms with E-state index in [1.54, 1.807) is 24.3 Å². The topological polar surface area (TPSA) is 68.3 Å². The Morgan fingerprint density at radius 1 is 1.27 bits per heavy atom. The molecule has 1 amide bonds. The molecule has 0 bridgehead atoms. The lowest BCUT2D eigenvalue weighted by molar-refractivity contribution is -0.115. The predicted octanol–water partition coefficient (Wildman–Crippen LogP) is 4.85. The van der Waals surface area contributed by atoms with Crippen LogP contribution in [0.4, 0.5) is 5.00 Å². The van der Waals surface area contributed by atoms with E-state index in [0.29, 0.717) is 17.2 Å². The maximum atomic E-state index is 12.4. The van der Waals surface area contributed by atoms with Gasteiger partial charge in [-0.05, 0) is 30.9 Å². The molecule has 0 aliphatic carbocycles. The van der Waals surface area contributed by atoms with Gasteiger partial charge < -0.3 is 10.1 Å². The number of carbonyl (C=O) groups is 2. The van der Waals surface area contributed by atoms with Crippen molar-refractivity contribution in [3.63, 3.8) is 0 Å². The first-order chi connectivity index (χ1) is 12.6. The predicted molar refractivity (Wildman–Crippen MR) is 107 cm³/mol. The third-order valence-electron chi connectivity index (χ3n) is 3.54. The molecule has 136 valence electrons. The van der Waals surface area contributed by atoms with E-state index < -0.39 is 5.97 Å². The van der Waals surface area contributed by atoms with Gasteiger partial charge >= 0.3 is 5.97 Å². The standard InChI is InChI=1S/C18H18N2O3S3/c1-3-13-8-14(18(22)23-4-2)17(26-13)20-15(21)7-12-10-25-16(19-12)11-5-6-24-9-11/h5-6,8-10H,3-4,7H2,1-2H3,(H,20,21). The first-order valence-electron chi connectivity index (χ1n) is 8.17. The zero-order valence-electron chi connectivity index (χ0n) is 14.4. The lowest BCUT2D eigenvalue weighted by Crippen LogP contribution is -2.16. The number of nitrogens with zero attached hydrogens (tertiary/aromatic N) is 1. The maximum absolute atomic E-state index is 12.4. The molecule has 0 saturated carbocycles. The van der Waals surface area contributed by atoms with Gasteiger partial charge in [-0.1, -0.05) is 6.92 Å². The van der Waals surface area contributed by atoms with E-state index in [4.69, 9.17) is 4.74 Å². The second kappa shape index (κ2) is 8.57. The number of hydrogen-bond donors (Lipinski definition) is 1. The van der Waals surface area contributed by atoms with Crippen molar-refractivity contribution in [2.45, 2.75) is 26.7 Å². The molecule has 0 saturated heterocycles. The Labute approximate surface area is 163 Å². The molecule has 5 nitrogen and oxygen atoms in total. The average Bonchev–Trinajstić information content (AvgIpc) is 3.35. The lowest BCUT2D eigenvalue weighted by Gasteiger charge is -2.05. The quantitative estimate of drug-likeness (QED) is 0.569.